The van der Waals surface area contributed by atoms with Crippen LogP contribution in [0.3, 0.4) is 0 Å². The summed E-state index contributed by atoms with van der Waals surface area (Å²) < 4.78 is 13.4. The third-order valence-electron chi connectivity index (χ3n) is 5.44. The molecule has 0 N–H and O–H groups in total. The molecule has 3 aromatic rings. The third kappa shape index (κ3) is 3.65. The summed E-state index contributed by atoms with van der Waals surface area (Å²) in [6, 6.07) is 10.1. The lowest BCUT2D eigenvalue weighted by atomic mass is 10.1. The molecule has 29 heavy (non-hydrogen) atoms. The van der Waals surface area contributed by atoms with Gasteiger partial charge in [0.1, 0.15) is 18.0 Å². The molecule has 0 saturated carbocycles. The minimum atomic E-state index is -0.204. The standard InChI is InChI=1S/C21H26N6O2/c1-21(2)14-26(9-12-29-21)19-13-18(25-7-10-28-11-8-25)23-20(24-19)27-15-22-16-5-3-4-6-17(16)27/h3-6,13,15H,7-12,14H2,1-2H3. The second-order valence-electron chi connectivity index (χ2n) is 8.12. The fourth-order valence-electron chi connectivity index (χ4n) is 3.96. The zero-order valence-corrected chi connectivity index (χ0v) is 16.9. The van der Waals surface area contributed by atoms with Gasteiger partial charge in [0.15, 0.2) is 0 Å². The van der Waals surface area contributed by atoms with Crippen LogP contribution in [-0.4, -0.2) is 71.1 Å². The molecule has 0 radical (unpaired) electrons. The highest BCUT2D eigenvalue weighted by atomic mass is 16.5. The van der Waals surface area contributed by atoms with Gasteiger partial charge in [-0.05, 0) is 26.0 Å². The van der Waals surface area contributed by atoms with Crippen LogP contribution in [-0.2, 0) is 9.47 Å². The molecular formula is C21H26N6O2. The van der Waals surface area contributed by atoms with E-state index in [9.17, 15) is 0 Å². The topological polar surface area (TPSA) is 68.5 Å². The van der Waals surface area contributed by atoms with Crippen molar-refractivity contribution in [1.82, 2.24) is 19.5 Å². The monoisotopic (exact) mass is 394 g/mol. The van der Waals surface area contributed by atoms with E-state index in [0.29, 0.717) is 25.8 Å². The summed E-state index contributed by atoms with van der Waals surface area (Å²) in [5, 5.41) is 0. The average Bonchev–Trinajstić information content (AvgIpc) is 3.18. The van der Waals surface area contributed by atoms with Crippen LogP contribution < -0.4 is 9.80 Å². The maximum Gasteiger partial charge on any atom is 0.239 e. The number of rotatable bonds is 3. The SMILES string of the molecule is CC1(C)CN(c2cc(N3CCOCC3)nc(-n3cnc4ccccc43)n2)CCO1. The maximum absolute atomic E-state index is 5.90. The first-order valence-electron chi connectivity index (χ1n) is 10.1. The zero-order chi connectivity index (χ0) is 19.8. The van der Waals surface area contributed by atoms with Crippen molar-refractivity contribution in [2.45, 2.75) is 19.4 Å². The lowest BCUT2D eigenvalue weighted by Crippen LogP contribution is -2.48. The average molecular weight is 394 g/mol. The summed E-state index contributed by atoms with van der Waals surface area (Å²) in [4.78, 5) is 18.9. The van der Waals surface area contributed by atoms with E-state index in [1.165, 1.54) is 0 Å². The molecule has 152 valence electrons. The number of hydrogen-bond donors (Lipinski definition) is 0. The number of aromatic nitrogens is 4. The smallest absolute Gasteiger partial charge is 0.239 e. The maximum atomic E-state index is 5.90. The predicted molar refractivity (Wildman–Crippen MR) is 112 cm³/mol. The molecule has 8 nitrogen and oxygen atoms in total. The van der Waals surface area contributed by atoms with Crippen molar-refractivity contribution in [3.05, 3.63) is 36.7 Å². The molecule has 1 aromatic carbocycles. The van der Waals surface area contributed by atoms with Crippen molar-refractivity contribution in [1.29, 1.82) is 0 Å². The molecule has 2 saturated heterocycles. The number of hydrogen-bond acceptors (Lipinski definition) is 7. The second kappa shape index (κ2) is 7.27. The minimum absolute atomic E-state index is 0.204. The summed E-state index contributed by atoms with van der Waals surface area (Å²) in [6.07, 6.45) is 1.80. The predicted octanol–water partition coefficient (Wildman–Crippen LogP) is 2.27. The zero-order valence-electron chi connectivity index (χ0n) is 16.9. The highest BCUT2D eigenvalue weighted by molar-refractivity contribution is 5.76. The fourth-order valence-corrected chi connectivity index (χ4v) is 3.96. The van der Waals surface area contributed by atoms with E-state index in [4.69, 9.17) is 19.4 Å². The molecule has 0 atom stereocenters. The van der Waals surface area contributed by atoms with Gasteiger partial charge in [-0.1, -0.05) is 12.1 Å². The Hall–Kier alpha value is -2.71. The van der Waals surface area contributed by atoms with Crippen molar-refractivity contribution in [2.75, 3.05) is 55.8 Å². The molecule has 2 aliphatic rings. The third-order valence-corrected chi connectivity index (χ3v) is 5.44. The molecule has 0 bridgehead atoms. The van der Waals surface area contributed by atoms with Gasteiger partial charge in [0.05, 0.1) is 36.5 Å². The Morgan fingerprint density at radius 2 is 1.66 bits per heavy atom. The molecule has 2 aliphatic heterocycles. The van der Waals surface area contributed by atoms with Crippen molar-refractivity contribution in [2.24, 2.45) is 0 Å². The molecule has 0 spiro atoms. The van der Waals surface area contributed by atoms with Gasteiger partial charge in [0, 0.05) is 32.2 Å². The number of morpholine rings is 2. The van der Waals surface area contributed by atoms with Gasteiger partial charge in [-0.3, -0.25) is 4.57 Å². The summed E-state index contributed by atoms with van der Waals surface area (Å²) >= 11 is 0. The Kier molecular flexibility index (Phi) is 4.60. The summed E-state index contributed by atoms with van der Waals surface area (Å²) in [6.45, 7) is 9.61. The van der Waals surface area contributed by atoms with Crippen molar-refractivity contribution in [3.63, 3.8) is 0 Å². The van der Waals surface area contributed by atoms with Gasteiger partial charge in [-0.25, -0.2) is 4.98 Å². The summed E-state index contributed by atoms with van der Waals surface area (Å²) in [7, 11) is 0. The first-order chi connectivity index (χ1) is 14.1. The van der Waals surface area contributed by atoms with E-state index in [-0.39, 0.29) is 5.60 Å². The van der Waals surface area contributed by atoms with Crippen molar-refractivity contribution >= 4 is 22.7 Å². The number of ether oxygens (including phenoxy) is 2. The minimum Gasteiger partial charge on any atom is -0.378 e. The molecule has 0 aliphatic carbocycles. The Bertz CT molecular complexity index is 1010. The van der Waals surface area contributed by atoms with Crippen LogP contribution in [0.4, 0.5) is 11.6 Å². The van der Waals surface area contributed by atoms with Crippen LogP contribution in [0.1, 0.15) is 13.8 Å². The van der Waals surface area contributed by atoms with Crippen LogP contribution in [0.2, 0.25) is 0 Å². The van der Waals surface area contributed by atoms with Crippen molar-refractivity contribution < 1.29 is 9.47 Å². The molecule has 0 amide bonds. The lowest BCUT2D eigenvalue weighted by Gasteiger charge is -2.39. The number of anilines is 2. The number of benzene rings is 1. The normalized spacial score (nSPS) is 19.7. The van der Waals surface area contributed by atoms with Crippen molar-refractivity contribution in [3.8, 4) is 5.95 Å². The molecule has 5 rings (SSSR count). The van der Waals surface area contributed by atoms with Crippen LogP contribution in [0.5, 0.6) is 0 Å². The molecule has 8 heteroatoms. The Morgan fingerprint density at radius 3 is 2.45 bits per heavy atom. The molecule has 2 aromatic heterocycles. The van der Waals surface area contributed by atoms with E-state index in [1.807, 2.05) is 28.8 Å². The number of nitrogens with zero attached hydrogens (tertiary/aromatic N) is 6. The highest BCUT2D eigenvalue weighted by Gasteiger charge is 2.29. The fraction of sp³-hybridized carbons (Fsp3) is 0.476. The van der Waals surface area contributed by atoms with Crippen LogP contribution in [0, 0.1) is 0 Å². The molecular weight excluding hydrogens is 368 g/mol. The Labute approximate surface area is 170 Å². The molecule has 2 fully saturated rings. The molecule has 4 heterocycles. The highest BCUT2D eigenvalue weighted by Crippen LogP contribution is 2.27. The first kappa shape index (κ1) is 18.3. The van der Waals surface area contributed by atoms with E-state index < -0.39 is 0 Å². The second-order valence-corrected chi connectivity index (χ2v) is 8.12. The van der Waals surface area contributed by atoms with Gasteiger partial charge in [-0.2, -0.15) is 9.97 Å². The number of imidazole rings is 1. The Morgan fingerprint density at radius 1 is 0.931 bits per heavy atom. The lowest BCUT2D eigenvalue weighted by molar-refractivity contribution is -0.0279. The number of para-hydroxylation sites is 2. The quantitative estimate of drug-likeness (QED) is 0.675. The van der Waals surface area contributed by atoms with Gasteiger partial charge in [-0.15, -0.1) is 0 Å². The van der Waals surface area contributed by atoms with Crippen LogP contribution in [0.15, 0.2) is 36.7 Å². The summed E-state index contributed by atoms with van der Waals surface area (Å²) in [5.74, 6) is 2.49. The number of fused-ring (bicyclic) bond motifs is 1. The van der Waals surface area contributed by atoms with Gasteiger partial charge in [0.25, 0.3) is 0 Å². The van der Waals surface area contributed by atoms with E-state index >= 15 is 0 Å². The summed E-state index contributed by atoms with van der Waals surface area (Å²) in [5.41, 5.74) is 1.73. The van der Waals surface area contributed by atoms with Gasteiger partial charge >= 0.3 is 0 Å². The van der Waals surface area contributed by atoms with Crippen LogP contribution >= 0.6 is 0 Å². The van der Waals surface area contributed by atoms with E-state index in [1.54, 1.807) is 6.33 Å². The first-order valence-corrected chi connectivity index (χ1v) is 10.1. The molecule has 0 unspecified atom stereocenters. The van der Waals surface area contributed by atoms with Gasteiger partial charge < -0.3 is 19.3 Å². The van der Waals surface area contributed by atoms with E-state index in [2.05, 4.69) is 34.7 Å². The largest absolute Gasteiger partial charge is 0.378 e. The van der Waals surface area contributed by atoms with E-state index in [0.717, 1.165) is 48.8 Å². The van der Waals surface area contributed by atoms with Crippen LogP contribution in [0.25, 0.3) is 17.0 Å². The van der Waals surface area contributed by atoms with Gasteiger partial charge in [0.2, 0.25) is 5.95 Å². The Balaban J connectivity index is 1.60.